The average Bonchev–Trinajstić information content (AvgIpc) is 3.07. The molecule has 2 aromatic carbocycles. The van der Waals surface area contributed by atoms with Gasteiger partial charge in [0.1, 0.15) is 12.0 Å². The van der Waals surface area contributed by atoms with Crippen LogP contribution in [0.1, 0.15) is 24.5 Å². The Kier molecular flexibility index (Phi) is 3.69. The Morgan fingerprint density at radius 1 is 1.32 bits per heavy atom. The molecule has 25 heavy (non-hydrogen) atoms. The summed E-state index contributed by atoms with van der Waals surface area (Å²) < 4.78 is 11.4. The highest BCUT2D eigenvalue weighted by molar-refractivity contribution is 5.87. The molecular weight excluding hydrogens is 316 g/mol. The van der Waals surface area contributed by atoms with Crippen LogP contribution in [0, 0.1) is 6.92 Å². The first kappa shape index (κ1) is 16.0. The first-order chi connectivity index (χ1) is 12.0. The van der Waals surface area contributed by atoms with Crippen LogP contribution in [0.15, 0.2) is 42.5 Å². The van der Waals surface area contributed by atoms with Crippen molar-refractivity contribution in [1.29, 1.82) is 0 Å². The molecule has 0 radical (unpaired) electrons. The zero-order chi connectivity index (χ0) is 17.6. The smallest absolute Gasteiger partial charge is 0.410 e. The van der Waals surface area contributed by atoms with Crippen LogP contribution in [0.2, 0.25) is 0 Å². The molecule has 0 bridgehead atoms. The fourth-order valence-electron chi connectivity index (χ4n) is 3.92. The average molecular weight is 338 g/mol. The molecule has 1 amide bonds. The van der Waals surface area contributed by atoms with Crippen molar-refractivity contribution in [2.45, 2.75) is 31.9 Å². The maximum absolute atomic E-state index is 12.2. The zero-order valence-corrected chi connectivity index (χ0v) is 14.7. The number of nitrogens with one attached hydrogen (secondary N) is 1. The summed E-state index contributed by atoms with van der Waals surface area (Å²) in [6, 6.07) is 13.4. The highest BCUT2D eigenvalue weighted by Crippen LogP contribution is 2.51. The van der Waals surface area contributed by atoms with E-state index in [9.17, 15) is 4.79 Å². The van der Waals surface area contributed by atoms with E-state index in [1.165, 1.54) is 5.56 Å². The summed E-state index contributed by atoms with van der Waals surface area (Å²) >= 11 is 0. The maximum Gasteiger partial charge on any atom is 0.417 e. The molecule has 0 aliphatic carbocycles. The summed E-state index contributed by atoms with van der Waals surface area (Å²) in [5.74, 6) is 0.548. The lowest BCUT2D eigenvalue weighted by Crippen LogP contribution is -2.37. The van der Waals surface area contributed by atoms with Crippen LogP contribution in [0.3, 0.4) is 0 Å². The van der Waals surface area contributed by atoms with Gasteiger partial charge >= 0.3 is 6.09 Å². The van der Waals surface area contributed by atoms with E-state index in [1.54, 1.807) is 0 Å². The van der Waals surface area contributed by atoms with Crippen LogP contribution in [0.5, 0.6) is 5.75 Å². The molecule has 130 valence electrons. The van der Waals surface area contributed by atoms with E-state index in [2.05, 4.69) is 17.1 Å². The number of likely N-dealkylation sites (N-methyl/N-ethyl adjacent to an activating group) is 1. The molecule has 4 rings (SSSR count). The number of carbonyl (C=O) groups is 1. The van der Waals surface area contributed by atoms with Gasteiger partial charge in [0.25, 0.3) is 0 Å². The third-order valence-corrected chi connectivity index (χ3v) is 5.35. The molecular formula is C20H22N2O3. The molecule has 2 heterocycles. The van der Waals surface area contributed by atoms with E-state index in [4.69, 9.17) is 9.47 Å². The fraction of sp³-hybridized carbons (Fsp3) is 0.350. The van der Waals surface area contributed by atoms with Gasteiger partial charge in [-0.1, -0.05) is 25.1 Å². The van der Waals surface area contributed by atoms with Crippen molar-refractivity contribution in [1.82, 2.24) is 0 Å². The van der Waals surface area contributed by atoms with Crippen LogP contribution >= 0.6 is 0 Å². The number of fused-ring (bicyclic) bond motifs is 3. The number of benzene rings is 2. The second-order valence-corrected chi connectivity index (χ2v) is 7.01. The molecule has 2 aromatic rings. The lowest BCUT2D eigenvalue weighted by atomic mass is 9.82. The highest BCUT2D eigenvalue weighted by Gasteiger charge is 2.50. The Morgan fingerprint density at radius 2 is 2.12 bits per heavy atom. The van der Waals surface area contributed by atoms with Gasteiger partial charge < -0.3 is 14.4 Å². The molecule has 2 aliphatic heterocycles. The van der Waals surface area contributed by atoms with Crippen LogP contribution < -0.4 is 15.0 Å². The van der Waals surface area contributed by atoms with E-state index < -0.39 is 6.09 Å². The second kappa shape index (κ2) is 5.77. The number of hydrogen-bond acceptors (Lipinski definition) is 4. The van der Waals surface area contributed by atoms with Gasteiger partial charge in [-0.2, -0.15) is 0 Å². The number of nitrogens with zero attached hydrogens (tertiary/aromatic N) is 1. The van der Waals surface area contributed by atoms with Crippen molar-refractivity contribution in [3.8, 4) is 5.75 Å². The quantitative estimate of drug-likeness (QED) is 0.897. The molecule has 1 N–H and O–H groups in total. The van der Waals surface area contributed by atoms with Crippen molar-refractivity contribution in [3.63, 3.8) is 0 Å². The van der Waals surface area contributed by atoms with Crippen molar-refractivity contribution in [3.05, 3.63) is 53.6 Å². The van der Waals surface area contributed by atoms with Crippen LogP contribution in [-0.4, -0.2) is 26.0 Å². The molecule has 2 aliphatic rings. The lowest BCUT2D eigenvalue weighted by molar-refractivity contribution is 0.0920. The minimum Gasteiger partial charge on any atom is -0.410 e. The van der Waals surface area contributed by atoms with Gasteiger partial charge in [0.2, 0.25) is 0 Å². The van der Waals surface area contributed by atoms with Crippen LogP contribution in [0.25, 0.3) is 0 Å². The number of aryl methyl sites for hydroxylation is 1. The maximum atomic E-state index is 12.2. The number of rotatable bonds is 2. The van der Waals surface area contributed by atoms with Crippen LogP contribution in [-0.2, 0) is 10.2 Å². The molecule has 5 nitrogen and oxygen atoms in total. The minimum atomic E-state index is -0.482. The molecule has 1 saturated heterocycles. The summed E-state index contributed by atoms with van der Waals surface area (Å²) in [7, 11) is 2.05. The number of carbonyl (C=O) groups excluding carboxylic acids is 1. The Hall–Kier alpha value is -2.53. The topological polar surface area (TPSA) is 50.8 Å². The first-order valence-electron chi connectivity index (χ1n) is 8.52. The lowest BCUT2D eigenvalue weighted by Gasteiger charge is -2.26. The Morgan fingerprint density at radius 3 is 2.92 bits per heavy atom. The van der Waals surface area contributed by atoms with E-state index >= 15 is 0 Å². The van der Waals surface area contributed by atoms with Gasteiger partial charge in [-0.3, -0.25) is 5.32 Å². The number of para-hydroxylation sites is 1. The van der Waals surface area contributed by atoms with Gasteiger partial charge in [0.15, 0.2) is 0 Å². The summed E-state index contributed by atoms with van der Waals surface area (Å²) in [5.41, 5.74) is 4.01. The standard InChI is InChI=1S/C20H22N2O3/c1-13-6-4-5-7-16(13)21-19(23)25-14-8-9-17-15(12-14)20(2)10-11-24-18(20)22(17)3/h4-9,12,18H,10-11H2,1-3H3,(H,21,23)/t18-,20-/m0/s1. The molecule has 0 spiro atoms. The third kappa shape index (κ3) is 2.55. The summed E-state index contributed by atoms with van der Waals surface area (Å²) in [5, 5.41) is 2.79. The number of ether oxygens (including phenoxy) is 2. The number of hydrogen-bond donors (Lipinski definition) is 1. The van der Waals surface area contributed by atoms with E-state index in [-0.39, 0.29) is 11.6 Å². The molecule has 0 aromatic heterocycles. The van der Waals surface area contributed by atoms with Crippen molar-refractivity contribution >= 4 is 17.5 Å². The van der Waals surface area contributed by atoms with E-state index in [0.717, 1.165) is 30.0 Å². The second-order valence-electron chi connectivity index (χ2n) is 7.01. The van der Waals surface area contributed by atoms with Crippen molar-refractivity contribution in [2.24, 2.45) is 0 Å². The van der Waals surface area contributed by atoms with Gasteiger partial charge in [-0.05, 0) is 48.7 Å². The zero-order valence-electron chi connectivity index (χ0n) is 14.7. The molecule has 2 atom stereocenters. The first-order valence-corrected chi connectivity index (χ1v) is 8.52. The Labute approximate surface area is 147 Å². The normalized spacial score (nSPS) is 24.0. The largest absolute Gasteiger partial charge is 0.417 e. The van der Waals surface area contributed by atoms with Crippen molar-refractivity contribution < 1.29 is 14.3 Å². The predicted molar refractivity (Wildman–Crippen MR) is 97.4 cm³/mol. The highest BCUT2D eigenvalue weighted by atomic mass is 16.6. The van der Waals surface area contributed by atoms with Gasteiger partial charge in [-0.25, -0.2) is 4.79 Å². The van der Waals surface area contributed by atoms with Crippen LogP contribution in [0.4, 0.5) is 16.2 Å². The fourth-order valence-corrected chi connectivity index (χ4v) is 3.92. The van der Waals surface area contributed by atoms with Gasteiger partial charge in [0.05, 0.1) is 6.61 Å². The number of anilines is 2. The third-order valence-electron chi connectivity index (χ3n) is 5.35. The summed E-state index contributed by atoms with van der Waals surface area (Å²) in [6.45, 7) is 4.91. The molecule has 1 fully saturated rings. The molecule has 0 saturated carbocycles. The molecule has 0 unspecified atom stereocenters. The Balaban J connectivity index is 1.55. The van der Waals surface area contributed by atoms with Gasteiger partial charge in [0, 0.05) is 23.8 Å². The molecule has 5 heteroatoms. The predicted octanol–water partition coefficient (Wildman–Crippen LogP) is 4.06. The van der Waals surface area contributed by atoms with E-state index in [1.807, 2.05) is 56.4 Å². The van der Waals surface area contributed by atoms with Crippen molar-refractivity contribution in [2.75, 3.05) is 23.9 Å². The summed E-state index contributed by atoms with van der Waals surface area (Å²) in [6.07, 6.45) is 0.539. The van der Waals surface area contributed by atoms with Gasteiger partial charge in [-0.15, -0.1) is 0 Å². The number of amides is 1. The minimum absolute atomic E-state index is 0.0542. The Bertz CT molecular complexity index is 835. The monoisotopic (exact) mass is 338 g/mol. The van der Waals surface area contributed by atoms with E-state index in [0.29, 0.717) is 5.75 Å². The summed E-state index contributed by atoms with van der Waals surface area (Å²) in [4.78, 5) is 14.4. The SMILES string of the molecule is Cc1ccccc1NC(=O)Oc1ccc2c(c1)[C@]1(C)CCO[C@@H]1N2C.